The average molecular weight is 268 g/mol. The summed E-state index contributed by atoms with van der Waals surface area (Å²) >= 11 is 7.55. The van der Waals surface area contributed by atoms with Crippen LogP contribution in [-0.2, 0) is 6.73 Å². The largest absolute Gasteiger partial charge is 0.376 e. The van der Waals surface area contributed by atoms with Gasteiger partial charge in [0.05, 0.1) is 0 Å². The fourth-order valence-corrected chi connectivity index (χ4v) is 2.84. The maximum absolute atomic E-state index is 9.19. The number of benzene rings is 1. The molecule has 1 N–H and O–H groups in total. The molecule has 0 unspecified atom stereocenters. The van der Waals surface area contributed by atoms with Crippen molar-refractivity contribution in [3.63, 3.8) is 0 Å². The molecular weight excluding hydrogens is 254 g/mol. The van der Waals surface area contributed by atoms with Crippen molar-refractivity contribution in [1.29, 1.82) is 0 Å². The van der Waals surface area contributed by atoms with Crippen LogP contribution < -0.4 is 0 Å². The van der Waals surface area contributed by atoms with Gasteiger partial charge >= 0.3 is 0 Å². The Balaban J connectivity index is 2.29. The molecule has 0 saturated heterocycles. The van der Waals surface area contributed by atoms with Crippen LogP contribution in [0.4, 0.5) is 0 Å². The Kier molecular flexibility index (Phi) is 3.82. The first-order valence-corrected chi connectivity index (χ1v) is 6.52. The molecule has 2 rings (SSSR count). The maximum atomic E-state index is 9.19. The quantitative estimate of drug-likeness (QED) is 0.914. The Hall–Kier alpha value is -0.900. The lowest BCUT2D eigenvalue weighted by molar-refractivity contribution is 0.208. The fourth-order valence-electron chi connectivity index (χ4n) is 1.73. The van der Waals surface area contributed by atoms with Gasteiger partial charge in [-0.25, -0.2) is 0 Å². The standard InChI is InChI=1S/C13H14ClNOS/c1-9-7-15(8-16)10(2)13(9)17-12-5-3-11(14)4-6-12/h3-7,16H,8H2,1-2H3. The number of hydrogen-bond donors (Lipinski definition) is 1. The minimum absolute atomic E-state index is 0.0217. The molecular formula is C13H14ClNOS. The monoisotopic (exact) mass is 267 g/mol. The summed E-state index contributed by atoms with van der Waals surface area (Å²) in [5, 5.41) is 9.94. The van der Waals surface area contributed by atoms with Crippen molar-refractivity contribution >= 4 is 23.4 Å². The van der Waals surface area contributed by atoms with Crippen LogP contribution in [0.15, 0.2) is 40.3 Å². The van der Waals surface area contributed by atoms with Crippen LogP contribution >= 0.6 is 23.4 Å². The first kappa shape index (κ1) is 12.6. The van der Waals surface area contributed by atoms with E-state index in [1.807, 2.05) is 42.0 Å². The lowest BCUT2D eigenvalue weighted by Gasteiger charge is -2.04. The van der Waals surface area contributed by atoms with E-state index in [0.29, 0.717) is 0 Å². The summed E-state index contributed by atoms with van der Waals surface area (Å²) in [6.45, 7) is 4.09. The van der Waals surface area contributed by atoms with Crippen molar-refractivity contribution in [2.75, 3.05) is 0 Å². The van der Waals surface area contributed by atoms with Crippen molar-refractivity contribution in [2.45, 2.75) is 30.4 Å². The summed E-state index contributed by atoms with van der Waals surface area (Å²) in [5.41, 5.74) is 2.27. The minimum Gasteiger partial charge on any atom is -0.376 e. The second-order valence-corrected chi connectivity index (χ2v) is 5.41. The van der Waals surface area contributed by atoms with Gasteiger partial charge in [0.1, 0.15) is 6.73 Å². The molecule has 17 heavy (non-hydrogen) atoms. The van der Waals surface area contributed by atoms with Crippen LogP contribution in [0.25, 0.3) is 0 Å². The number of nitrogens with zero attached hydrogens (tertiary/aromatic N) is 1. The van der Waals surface area contributed by atoms with E-state index < -0.39 is 0 Å². The van der Waals surface area contributed by atoms with Crippen LogP contribution in [0.2, 0.25) is 5.02 Å². The zero-order chi connectivity index (χ0) is 12.4. The van der Waals surface area contributed by atoms with Gasteiger partial charge < -0.3 is 9.67 Å². The van der Waals surface area contributed by atoms with Crippen molar-refractivity contribution < 1.29 is 5.11 Å². The van der Waals surface area contributed by atoms with E-state index in [0.717, 1.165) is 15.6 Å². The molecule has 2 aromatic rings. The van der Waals surface area contributed by atoms with Gasteiger partial charge in [0.25, 0.3) is 0 Å². The molecule has 0 aliphatic rings. The third kappa shape index (κ3) is 2.68. The third-order valence-corrected chi connectivity index (χ3v) is 4.23. The van der Waals surface area contributed by atoms with E-state index in [1.54, 1.807) is 11.8 Å². The van der Waals surface area contributed by atoms with Gasteiger partial charge in [0.2, 0.25) is 0 Å². The summed E-state index contributed by atoms with van der Waals surface area (Å²) in [6.07, 6.45) is 1.97. The highest BCUT2D eigenvalue weighted by Crippen LogP contribution is 2.34. The van der Waals surface area contributed by atoms with Crippen LogP contribution in [0.5, 0.6) is 0 Å². The number of aromatic nitrogens is 1. The maximum Gasteiger partial charge on any atom is 0.119 e. The van der Waals surface area contributed by atoms with Gasteiger partial charge in [0.15, 0.2) is 0 Å². The zero-order valence-corrected chi connectivity index (χ0v) is 11.3. The molecule has 0 radical (unpaired) electrons. The average Bonchev–Trinajstić information content (AvgIpc) is 2.59. The van der Waals surface area contributed by atoms with Gasteiger partial charge in [-0.2, -0.15) is 0 Å². The van der Waals surface area contributed by atoms with Gasteiger partial charge in [-0.15, -0.1) is 0 Å². The molecule has 0 bridgehead atoms. The molecule has 0 aliphatic heterocycles. The van der Waals surface area contributed by atoms with E-state index in [-0.39, 0.29) is 6.73 Å². The second kappa shape index (κ2) is 5.17. The molecule has 90 valence electrons. The van der Waals surface area contributed by atoms with E-state index in [4.69, 9.17) is 11.6 Å². The highest BCUT2D eigenvalue weighted by Gasteiger charge is 2.10. The lowest BCUT2D eigenvalue weighted by atomic mass is 10.3. The molecule has 0 atom stereocenters. The van der Waals surface area contributed by atoms with Crippen LogP contribution in [0, 0.1) is 13.8 Å². The molecule has 1 heterocycles. The molecule has 0 fully saturated rings. The SMILES string of the molecule is Cc1cn(CO)c(C)c1Sc1ccc(Cl)cc1. The summed E-state index contributed by atoms with van der Waals surface area (Å²) in [5.74, 6) is 0. The molecule has 2 nitrogen and oxygen atoms in total. The molecule has 1 aromatic carbocycles. The predicted molar refractivity (Wildman–Crippen MR) is 71.7 cm³/mol. The first-order valence-electron chi connectivity index (χ1n) is 5.32. The Morgan fingerprint density at radius 1 is 1.24 bits per heavy atom. The van der Waals surface area contributed by atoms with Crippen molar-refractivity contribution in [1.82, 2.24) is 4.57 Å². The van der Waals surface area contributed by atoms with Gasteiger partial charge in [0, 0.05) is 26.7 Å². The first-order chi connectivity index (χ1) is 8.11. The number of aryl methyl sites for hydroxylation is 1. The predicted octanol–water partition coefficient (Wildman–Crippen LogP) is 3.86. The van der Waals surface area contributed by atoms with Crippen LogP contribution in [0.1, 0.15) is 11.3 Å². The number of aliphatic hydroxyl groups excluding tert-OH is 1. The number of aliphatic hydroxyl groups is 1. The minimum atomic E-state index is 0.0217. The van der Waals surface area contributed by atoms with E-state index in [1.165, 1.54) is 10.5 Å². The van der Waals surface area contributed by atoms with Crippen LogP contribution in [-0.4, -0.2) is 9.67 Å². The van der Waals surface area contributed by atoms with Gasteiger partial charge in [-0.1, -0.05) is 23.4 Å². The molecule has 0 saturated carbocycles. The Morgan fingerprint density at radius 3 is 2.41 bits per heavy atom. The van der Waals surface area contributed by atoms with E-state index >= 15 is 0 Å². The Labute approximate surface area is 110 Å². The highest BCUT2D eigenvalue weighted by atomic mass is 35.5. The van der Waals surface area contributed by atoms with Crippen molar-refractivity contribution in [3.8, 4) is 0 Å². The second-order valence-electron chi connectivity index (χ2n) is 3.89. The highest BCUT2D eigenvalue weighted by molar-refractivity contribution is 7.99. The number of halogens is 1. The topological polar surface area (TPSA) is 25.2 Å². The summed E-state index contributed by atoms with van der Waals surface area (Å²) in [7, 11) is 0. The molecule has 0 aliphatic carbocycles. The Morgan fingerprint density at radius 2 is 1.88 bits per heavy atom. The normalized spacial score (nSPS) is 10.8. The van der Waals surface area contributed by atoms with Gasteiger partial charge in [-0.3, -0.25) is 0 Å². The van der Waals surface area contributed by atoms with Crippen LogP contribution in [0.3, 0.4) is 0 Å². The summed E-state index contributed by atoms with van der Waals surface area (Å²) < 4.78 is 1.84. The molecule has 0 amide bonds. The Bertz CT molecular complexity index is 519. The van der Waals surface area contributed by atoms with E-state index in [9.17, 15) is 5.11 Å². The smallest absolute Gasteiger partial charge is 0.119 e. The summed E-state index contributed by atoms with van der Waals surface area (Å²) in [6, 6.07) is 7.78. The summed E-state index contributed by atoms with van der Waals surface area (Å²) in [4.78, 5) is 2.35. The fraction of sp³-hybridized carbons (Fsp3) is 0.231. The molecule has 4 heteroatoms. The lowest BCUT2D eigenvalue weighted by Crippen LogP contribution is -1.96. The molecule has 1 aromatic heterocycles. The van der Waals surface area contributed by atoms with Gasteiger partial charge in [-0.05, 0) is 43.7 Å². The number of hydrogen-bond acceptors (Lipinski definition) is 2. The van der Waals surface area contributed by atoms with E-state index in [2.05, 4.69) is 6.92 Å². The number of rotatable bonds is 3. The third-order valence-electron chi connectivity index (χ3n) is 2.65. The zero-order valence-electron chi connectivity index (χ0n) is 9.77. The van der Waals surface area contributed by atoms with Crippen molar-refractivity contribution in [3.05, 3.63) is 46.7 Å². The van der Waals surface area contributed by atoms with Crippen molar-refractivity contribution in [2.24, 2.45) is 0 Å². The molecule has 0 spiro atoms.